The standard InChI is InChI=1S/C13H18N6/c1-8-12(17-10(3)18-13(8)19-14)16-9(2)11-4-6-15-7-5-11/h4-7,9H,14H2,1-3H3,(H2,16,17,18,19). The van der Waals surface area contributed by atoms with Crippen molar-refractivity contribution in [2.24, 2.45) is 5.84 Å². The van der Waals surface area contributed by atoms with Gasteiger partial charge in [-0.1, -0.05) is 0 Å². The predicted octanol–water partition coefficient (Wildman–Crippen LogP) is 1.95. The molecule has 1 atom stereocenters. The van der Waals surface area contributed by atoms with Crippen LogP contribution >= 0.6 is 0 Å². The topological polar surface area (TPSA) is 88.8 Å². The lowest BCUT2D eigenvalue weighted by molar-refractivity contribution is 0.859. The van der Waals surface area contributed by atoms with Gasteiger partial charge in [0, 0.05) is 18.0 Å². The number of pyridine rings is 1. The molecule has 0 bridgehead atoms. The van der Waals surface area contributed by atoms with Crippen LogP contribution in [0.25, 0.3) is 0 Å². The van der Waals surface area contributed by atoms with E-state index in [-0.39, 0.29) is 6.04 Å². The molecular weight excluding hydrogens is 240 g/mol. The van der Waals surface area contributed by atoms with Crippen LogP contribution in [-0.2, 0) is 0 Å². The summed E-state index contributed by atoms with van der Waals surface area (Å²) in [5.41, 5.74) is 4.63. The molecule has 2 aromatic heterocycles. The number of anilines is 2. The number of nitrogens with zero attached hydrogens (tertiary/aromatic N) is 3. The normalized spacial score (nSPS) is 12.0. The Kier molecular flexibility index (Phi) is 3.91. The maximum Gasteiger partial charge on any atom is 0.148 e. The Balaban J connectivity index is 2.26. The van der Waals surface area contributed by atoms with E-state index in [0.717, 1.165) is 16.9 Å². The van der Waals surface area contributed by atoms with Gasteiger partial charge in [0.15, 0.2) is 0 Å². The molecule has 0 fully saturated rings. The number of rotatable bonds is 4. The highest BCUT2D eigenvalue weighted by atomic mass is 15.3. The van der Waals surface area contributed by atoms with Crippen LogP contribution in [0.3, 0.4) is 0 Å². The molecule has 2 heterocycles. The number of nitrogen functional groups attached to an aromatic ring is 1. The summed E-state index contributed by atoms with van der Waals surface area (Å²) in [7, 11) is 0. The van der Waals surface area contributed by atoms with Crippen molar-refractivity contribution >= 4 is 11.6 Å². The first kappa shape index (κ1) is 13.2. The Morgan fingerprint density at radius 2 is 1.74 bits per heavy atom. The lowest BCUT2D eigenvalue weighted by Gasteiger charge is -2.18. The van der Waals surface area contributed by atoms with Crippen LogP contribution in [0.15, 0.2) is 24.5 Å². The fourth-order valence-corrected chi connectivity index (χ4v) is 1.85. The molecule has 2 rings (SSSR count). The van der Waals surface area contributed by atoms with Gasteiger partial charge >= 0.3 is 0 Å². The Hall–Kier alpha value is -2.21. The molecule has 0 saturated carbocycles. The summed E-state index contributed by atoms with van der Waals surface area (Å²) in [6.07, 6.45) is 3.55. The third-order valence-corrected chi connectivity index (χ3v) is 2.95. The molecular formula is C13H18N6. The zero-order chi connectivity index (χ0) is 13.8. The predicted molar refractivity (Wildman–Crippen MR) is 75.6 cm³/mol. The van der Waals surface area contributed by atoms with Crippen LogP contribution in [0.4, 0.5) is 11.6 Å². The summed E-state index contributed by atoms with van der Waals surface area (Å²) in [6.45, 7) is 5.83. The zero-order valence-electron chi connectivity index (χ0n) is 11.3. The number of hydrogen-bond acceptors (Lipinski definition) is 6. The molecule has 0 aliphatic carbocycles. The van der Waals surface area contributed by atoms with Crippen LogP contribution in [0.1, 0.15) is 29.9 Å². The number of nitrogens with one attached hydrogen (secondary N) is 2. The molecule has 2 aromatic rings. The van der Waals surface area contributed by atoms with Crippen LogP contribution in [0, 0.1) is 13.8 Å². The number of nitrogens with two attached hydrogens (primary N) is 1. The van der Waals surface area contributed by atoms with E-state index in [1.807, 2.05) is 26.0 Å². The second-order valence-electron chi connectivity index (χ2n) is 4.38. The van der Waals surface area contributed by atoms with Crippen molar-refractivity contribution in [2.75, 3.05) is 10.7 Å². The Labute approximate surface area is 112 Å². The van der Waals surface area contributed by atoms with Gasteiger partial charge in [0.1, 0.15) is 17.5 Å². The van der Waals surface area contributed by atoms with Gasteiger partial charge in [-0.3, -0.25) is 4.98 Å². The van der Waals surface area contributed by atoms with E-state index >= 15 is 0 Å². The summed E-state index contributed by atoms with van der Waals surface area (Å²) in [6, 6.07) is 4.08. The molecule has 1 unspecified atom stereocenters. The fraction of sp³-hybridized carbons (Fsp3) is 0.308. The number of hydrazine groups is 1. The fourth-order valence-electron chi connectivity index (χ4n) is 1.85. The molecule has 0 aliphatic heterocycles. The second kappa shape index (κ2) is 5.62. The molecule has 0 amide bonds. The highest BCUT2D eigenvalue weighted by Crippen LogP contribution is 2.23. The Morgan fingerprint density at radius 3 is 2.37 bits per heavy atom. The van der Waals surface area contributed by atoms with E-state index < -0.39 is 0 Å². The average Bonchev–Trinajstić information content (AvgIpc) is 2.43. The van der Waals surface area contributed by atoms with Crippen molar-refractivity contribution in [3.63, 3.8) is 0 Å². The van der Waals surface area contributed by atoms with Gasteiger partial charge < -0.3 is 10.7 Å². The van der Waals surface area contributed by atoms with Crippen LogP contribution in [0.5, 0.6) is 0 Å². The minimum atomic E-state index is 0.127. The number of aromatic nitrogens is 3. The van der Waals surface area contributed by atoms with Crippen molar-refractivity contribution in [3.05, 3.63) is 41.5 Å². The first-order chi connectivity index (χ1) is 9.11. The minimum absolute atomic E-state index is 0.127. The SMILES string of the molecule is Cc1nc(NN)c(C)c(NC(C)c2ccncc2)n1. The van der Waals surface area contributed by atoms with E-state index in [2.05, 4.69) is 32.6 Å². The van der Waals surface area contributed by atoms with Gasteiger partial charge in [-0.05, 0) is 38.5 Å². The lowest BCUT2D eigenvalue weighted by atomic mass is 10.1. The third-order valence-electron chi connectivity index (χ3n) is 2.95. The van der Waals surface area contributed by atoms with Crippen molar-refractivity contribution in [1.82, 2.24) is 15.0 Å². The third kappa shape index (κ3) is 2.97. The second-order valence-corrected chi connectivity index (χ2v) is 4.38. The van der Waals surface area contributed by atoms with Gasteiger partial charge in [0.25, 0.3) is 0 Å². The van der Waals surface area contributed by atoms with Gasteiger partial charge in [-0.2, -0.15) is 0 Å². The maximum atomic E-state index is 5.45. The van der Waals surface area contributed by atoms with Crippen LogP contribution in [0.2, 0.25) is 0 Å². The lowest BCUT2D eigenvalue weighted by Crippen LogP contribution is -2.15. The molecule has 6 heteroatoms. The largest absolute Gasteiger partial charge is 0.363 e. The van der Waals surface area contributed by atoms with Crippen molar-refractivity contribution in [2.45, 2.75) is 26.8 Å². The summed E-state index contributed by atoms with van der Waals surface area (Å²) >= 11 is 0. The summed E-state index contributed by atoms with van der Waals surface area (Å²) in [5, 5.41) is 3.37. The Bertz CT molecular complexity index is 555. The number of aryl methyl sites for hydroxylation is 1. The highest BCUT2D eigenvalue weighted by molar-refractivity contribution is 5.57. The molecule has 0 aromatic carbocycles. The van der Waals surface area contributed by atoms with E-state index in [9.17, 15) is 0 Å². The van der Waals surface area contributed by atoms with Crippen molar-refractivity contribution < 1.29 is 0 Å². The van der Waals surface area contributed by atoms with E-state index in [1.165, 1.54) is 0 Å². The zero-order valence-corrected chi connectivity index (χ0v) is 11.3. The van der Waals surface area contributed by atoms with Gasteiger partial charge in [-0.15, -0.1) is 0 Å². The molecule has 6 nitrogen and oxygen atoms in total. The average molecular weight is 258 g/mol. The Morgan fingerprint density at radius 1 is 1.11 bits per heavy atom. The minimum Gasteiger partial charge on any atom is -0.363 e. The van der Waals surface area contributed by atoms with E-state index in [4.69, 9.17) is 5.84 Å². The monoisotopic (exact) mass is 258 g/mol. The highest BCUT2D eigenvalue weighted by Gasteiger charge is 2.11. The molecule has 0 aliphatic rings. The molecule has 0 saturated heterocycles. The summed E-state index contributed by atoms with van der Waals surface area (Å²) < 4.78 is 0. The maximum absolute atomic E-state index is 5.45. The summed E-state index contributed by atoms with van der Waals surface area (Å²) in [5.74, 6) is 7.54. The van der Waals surface area contributed by atoms with Crippen molar-refractivity contribution in [3.8, 4) is 0 Å². The van der Waals surface area contributed by atoms with Gasteiger partial charge in [-0.25, -0.2) is 15.8 Å². The summed E-state index contributed by atoms with van der Waals surface area (Å²) in [4.78, 5) is 12.7. The van der Waals surface area contributed by atoms with Crippen LogP contribution in [-0.4, -0.2) is 15.0 Å². The van der Waals surface area contributed by atoms with Gasteiger partial charge in [0.05, 0.1) is 6.04 Å². The number of hydrogen-bond donors (Lipinski definition) is 3. The van der Waals surface area contributed by atoms with Crippen LogP contribution < -0.4 is 16.6 Å². The first-order valence-corrected chi connectivity index (χ1v) is 6.10. The molecule has 0 spiro atoms. The quantitative estimate of drug-likeness (QED) is 0.574. The first-order valence-electron chi connectivity index (χ1n) is 6.10. The molecule has 4 N–H and O–H groups in total. The van der Waals surface area contributed by atoms with E-state index in [0.29, 0.717) is 11.6 Å². The van der Waals surface area contributed by atoms with E-state index in [1.54, 1.807) is 12.4 Å². The van der Waals surface area contributed by atoms with Crippen molar-refractivity contribution in [1.29, 1.82) is 0 Å². The smallest absolute Gasteiger partial charge is 0.148 e. The molecule has 19 heavy (non-hydrogen) atoms. The molecule has 100 valence electrons. The molecule has 0 radical (unpaired) electrons. The van der Waals surface area contributed by atoms with Gasteiger partial charge in [0.2, 0.25) is 0 Å².